The molecule has 0 bridgehead atoms. The third kappa shape index (κ3) is 3.63. The molecule has 1 aliphatic heterocycles. The van der Waals surface area contributed by atoms with Gasteiger partial charge in [-0.1, -0.05) is 20.8 Å². The van der Waals surface area contributed by atoms with E-state index in [2.05, 4.69) is 19.2 Å². The molecular formula is C22H24N2O4. The van der Waals surface area contributed by atoms with Gasteiger partial charge in [0.15, 0.2) is 0 Å². The average Bonchev–Trinajstić information content (AvgIpc) is 2.71. The predicted molar refractivity (Wildman–Crippen MR) is 108 cm³/mol. The zero-order chi connectivity index (χ0) is 20.6. The highest BCUT2D eigenvalue weighted by molar-refractivity contribution is 6.05. The number of rotatable bonds is 3. The molecule has 6 nitrogen and oxygen atoms in total. The monoisotopic (exact) mass is 380 g/mol. The Labute approximate surface area is 164 Å². The van der Waals surface area contributed by atoms with Crippen molar-refractivity contribution in [1.29, 1.82) is 0 Å². The topological polar surface area (TPSA) is 86.7 Å². The fourth-order valence-electron chi connectivity index (χ4n) is 3.83. The summed E-state index contributed by atoms with van der Waals surface area (Å²) in [7, 11) is 1.78. The summed E-state index contributed by atoms with van der Waals surface area (Å²) in [5.74, 6) is -1.35. The first-order valence-corrected chi connectivity index (χ1v) is 9.17. The Balaban J connectivity index is 1.90. The molecule has 1 unspecified atom stereocenters. The molecule has 1 aliphatic rings. The lowest BCUT2D eigenvalue weighted by atomic mass is 9.77. The molecule has 3 rings (SSSR count). The fourth-order valence-corrected chi connectivity index (χ4v) is 3.83. The first-order valence-electron chi connectivity index (χ1n) is 9.17. The summed E-state index contributed by atoms with van der Waals surface area (Å²) in [6.45, 7) is 6.14. The van der Waals surface area contributed by atoms with Crippen LogP contribution in [0.25, 0.3) is 0 Å². The van der Waals surface area contributed by atoms with E-state index in [1.165, 1.54) is 24.3 Å². The number of nitrogens with zero attached hydrogens (tertiary/aromatic N) is 1. The lowest BCUT2D eigenvalue weighted by Crippen LogP contribution is -2.30. The van der Waals surface area contributed by atoms with Crippen molar-refractivity contribution in [1.82, 2.24) is 0 Å². The van der Waals surface area contributed by atoms with Crippen LogP contribution in [0.2, 0.25) is 0 Å². The molecule has 0 spiro atoms. The van der Waals surface area contributed by atoms with Gasteiger partial charge in [-0.05, 0) is 59.9 Å². The van der Waals surface area contributed by atoms with Gasteiger partial charge in [-0.15, -0.1) is 0 Å². The highest BCUT2D eigenvalue weighted by Gasteiger charge is 2.35. The number of carbonyl (C=O) groups is 3. The van der Waals surface area contributed by atoms with Gasteiger partial charge in [-0.25, -0.2) is 4.79 Å². The minimum Gasteiger partial charge on any atom is -0.478 e. The second kappa shape index (κ2) is 7.11. The molecule has 1 atom stereocenters. The summed E-state index contributed by atoms with van der Waals surface area (Å²) in [4.78, 5) is 37.7. The number of nitrogens with one attached hydrogen (secondary N) is 1. The van der Waals surface area contributed by atoms with Crippen molar-refractivity contribution in [2.45, 2.75) is 32.6 Å². The Morgan fingerprint density at radius 3 is 2.32 bits per heavy atom. The van der Waals surface area contributed by atoms with E-state index < -0.39 is 5.97 Å². The zero-order valence-electron chi connectivity index (χ0n) is 16.4. The number of carbonyl (C=O) groups excluding carboxylic acids is 2. The lowest BCUT2D eigenvalue weighted by molar-refractivity contribution is -0.121. The van der Waals surface area contributed by atoms with Gasteiger partial charge in [0.1, 0.15) is 0 Å². The Hall–Kier alpha value is -3.15. The van der Waals surface area contributed by atoms with Gasteiger partial charge in [-0.2, -0.15) is 0 Å². The molecule has 2 amide bonds. The van der Waals surface area contributed by atoms with E-state index in [1.54, 1.807) is 18.0 Å². The van der Waals surface area contributed by atoms with E-state index in [1.807, 2.05) is 19.1 Å². The average molecular weight is 380 g/mol. The number of hydrogen-bond acceptors (Lipinski definition) is 3. The second-order valence-electron chi connectivity index (χ2n) is 7.95. The van der Waals surface area contributed by atoms with Gasteiger partial charge in [0.2, 0.25) is 5.91 Å². The van der Waals surface area contributed by atoms with Crippen LogP contribution in [0.5, 0.6) is 0 Å². The summed E-state index contributed by atoms with van der Waals surface area (Å²) >= 11 is 0. The molecule has 0 saturated carbocycles. The van der Waals surface area contributed by atoms with Gasteiger partial charge in [0.05, 0.1) is 5.56 Å². The highest BCUT2D eigenvalue weighted by atomic mass is 16.4. The summed E-state index contributed by atoms with van der Waals surface area (Å²) in [6.07, 6.45) is 0.719. The number of carboxylic acid groups (broad SMARTS) is 1. The predicted octanol–water partition coefficient (Wildman–Crippen LogP) is 3.92. The molecule has 1 heterocycles. The molecule has 0 aliphatic carbocycles. The van der Waals surface area contributed by atoms with Crippen LogP contribution in [0, 0.1) is 5.92 Å². The number of fused-ring (bicyclic) bond motifs is 1. The van der Waals surface area contributed by atoms with E-state index >= 15 is 0 Å². The van der Waals surface area contributed by atoms with E-state index in [0.29, 0.717) is 11.3 Å². The van der Waals surface area contributed by atoms with Crippen LogP contribution >= 0.6 is 0 Å². The maximum absolute atomic E-state index is 12.5. The highest BCUT2D eigenvalue weighted by Crippen LogP contribution is 2.41. The Morgan fingerprint density at radius 1 is 1.11 bits per heavy atom. The maximum atomic E-state index is 12.5. The van der Waals surface area contributed by atoms with Crippen LogP contribution in [-0.2, 0) is 10.2 Å². The van der Waals surface area contributed by atoms with Gasteiger partial charge < -0.3 is 15.3 Å². The van der Waals surface area contributed by atoms with Gasteiger partial charge in [0, 0.05) is 29.9 Å². The van der Waals surface area contributed by atoms with Crippen molar-refractivity contribution in [3.63, 3.8) is 0 Å². The van der Waals surface area contributed by atoms with Crippen molar-refractivity contribution >= 4 is 29.2 Å². The van der Waals surface area contributed by atoms with Crippen LogP contribution in [0.1, 0.15) is 53.5 Å². The summed E-state index contributed by atoms with van der Waals surface area (Å²) in [5, 5.41) is 11.8. The normalized spacial score (nSPS) is 18.2. The van der Waals surface area contributed by atoms with E-state index in [0.717, 1.165) is 17.7 Å². The molecule has 2 aromatic carbocycles. The smallest absolute Gasteiger partial charge is 0.335 e. The van der Waals surface area contributed by atoms with Crippen molar-refractivity contribution in [2.24, 2.45) is 5.92 Å². The molecule has 0 radical (unpaired) electrons. The summed E-state index contributed by atoms with van der Waals surface area (Å²) in [5.41, 5.74) is 2.77. The van der Waals surface area contributed by atoms with Crippen LogP contribution < -0.4 is 10.2 Å². The van der Waals surface area contributed by atoms with Crippen LogP contribution in [0.3, 0.4) is 0 Å². The maximum Gasteiger partial charge on any atom is 0.335 e. The molecule has 28 heavy (non-hydrogen) atoms. The third-order valence-electron chi connectivity index (χ3n) is 5.31. The molecule has 2 N–H and O–H groups in total. The summed E-state index contributed by atoms with van der Waals surface area (Å²) in [6, 6.07) is 11.3. The number of hydrogen-bond donors (Lipinski definition) is 2. The molecule has 0 aromatic heterocycles. The summed E-state index contributed by atoms with van der Waals surface area (Å²) < 4.78 is 0. The minimum absolute atomic E-state index is 0.0850. The standard InChI is InChI=1S/C22H24N2O4/c1-13-12-22(2,3)17-11-16(9-10-18(17)24(4)20(13)26)23-19(25)14-5-7-15(8-6-14)21(27)28/h5-11,13H,12H2,1-4H3,(H,23,25)(H,27,28). The largest absolute Gasteiger partial charge is 0.478 e. The SMILES string of the molecule is CC1CC(C)(C)c2cc(NC(=O)c3ccc(C(=O)O)cc3)ccc2N(C)C1=O. The zero-order valence-corrected chi connectivity index (χ0v) is 16.4. The van der Waals surface area contributed by atoms with Crippen molar-refractivity contribution in [3.8, 4) is 0 Å². The third-order valence-corrected chi connectivity index (χ3v) is 5.31. The molecule has 2 aromatic rings. The molecule has 146 valence electrons. The van der Waals surface area contributed by atoms with Crippen molar-refractivity contribution in [3.05, 3.63) is 59.2 Å². The van der Waals surface area contributed by atoms with Crippen LogP contribution in [0.4, 0.5) is 11.4 Å². The minimum atomic E-state index is -1.03. The first-order chi connectivity index (χ1) is 13.1. The fraction of sp³-hybridized carbons (Fsp3) is 0.318. The van der Waals surface area contributed by atoms with Gasteiger partial charge in [0.25, 0.3) is 5.91 Å². The second-order valence-corrected chi connectivity index (χ2v) is 7.95. The number of benzene rings is 2. The van der Waals surface area contributed by atoms with Crippen LogP contribution in [0.15, 0.2) is 42.5 Å². The Morgan fingerprint density at radius 2 is 1.71 bits per heavy atom. The molecule has 0 fully saturated rings. The number of aromatic carboxylic acids is 1. The number of amides is 2. The molecule has 0 saturated heterocycles. The van der Waals surface area contributed by atoms with Gasteiger partial charge >= 0.3 is 5.97 Å². The van der Waals surface area contributed by atoms with E-state index in [-0.39, 0.29) is 28.7 Å². The van der Waals surface area contributed by atoms with E-state index in [4.69, 9.17) is 5.11 Å². The quantitative estimate of drug-likeness (QED) is 0.845. The number of anilines is 2. The molecule has 6 heteroatoms. The van der Waals surface area contributed by atoms with Crippen LogP contribution in [-0.4, -0.2) is 29.9 Å². The van der Waals surface area contributed by atoms with E-state index in [9.17, 15) is 14.4 Å². The van der Waals surface area contributed by atoms with Gasteiger partial charge in [-0.3, -0.25) is 9.59 Å². The van der Waals surface area contributed by atoms with Crippen molar-refractivity contribution in [2.75, 3.05) is 17.3 Å². The first kappa shape index (κ1) is 19.6. The van der Waals surface area contributed by atoms with Crippen molar-refractivity contribution < 1.29 is 19.5 Å². The molecular weight excluding hydrogens is 356 g/mol. The lowest BCUT2D eigenvalue weighted by Gasteiger charge is -2.27. The number of carboxylic acids is 1. The Kier molecular flexibility index (Phi) is 4.98. The Bertz CT molecular complexity index is 948.